The largest absolute Gasteiger partial charge is 0.497 e. The molecule has 0 unspecified atom stereocenters. The highest BCUT2D eigenvalue weighted by Gasteiger charge is 2.20. The average Bonchev–Trinajstić information content (AvgIpc) is 2.85. The van der Waals surface area contributed by atoms with Crippen LogP contribution in [0.15, 0.2) is 24.4 Å². The van der Waals surface area contributed by atoms with Crippen LogP contribution >= 0.6 is 0 Å². The second-order valence-corrected chi connectivity index (χ2v) is 4.95. The maximum atomic E-state index is 11.6. The van der Waals surface area contributed by atoms with Crippen molar-refractivity contribution in [1.82, 2.24) is 9.97 Å². The number of aryl methyl sites for hydroxylation is 1. The molecule has 0 atom stereocenters. The standard InChI is InChI=1S/C15H13N3O2/c1-20-8-2-3-11-9(6-8)10-7-16-12-4-5-13(19)18-15(12)14(10)17-11/h2-3,6-7,17H,4-5H2,1H3,(H,18,19). The molecule has 1 aliphatic heterocycles. The zero-order valence-corrected chi connectivity index (χ0v) is 11.0. The molecule has 5 nitrogen and oxygen atoms in total. The van der Waals surface area contributed by atoms with E-state index in [1.807, 2.05) is 24.4 Å². The minimum Gasteiger partial charge on any atom is -0.497 e. The lowest BCUT2D eigenvalue weighted by Gasteiger charge is -2.16. The van der Waals surface area contributed by atoms with Crippen LogP contribution in [0.5, 0.6) is 5.75 Å². The van der Waals surface area contributed by atoms with Crippen molar-refractivity contribution >= 4 is 33.4 Å². The van der Waals surface area contributed by atoms with Crippen LogP contribution in [-0.2, 0) is 11.2 Å². The number of hydrogen-bond donors (Lipinski definition) is 2. The van der Waals surface area contributed by atoms with Gasteiger partial charge in [0.25, 0.3) is 0 Å². The number of nitrogens with one attached hydrogen (secondary N) is 2. The van der Waals surface area contributed by atoms with Crippen molar-refractivity contribution in [3.63, 3.8) is 0 Å². The molecule has 0 aliphatic carbocycles. The fraction of sp³-hybridized carbons (Fsp3) is 0.200. The van der Waals surface area contributed by atoms with Crippen molar-refractivity contribution in [2.45, 2.75) is 12.8 Å². The number of rotatable bonds is 1. The van der Waals surface area contributed by atoms with Crippen LogP contribution in [0.4, 0.5) is 5.69 Å². The number of aromatic nitrogens is 2. The minimum atomic E-state index is 0.0445. The molecule has 0 bridgehead atoms. The van der Waals surface area contributed by atoms with Gasteiger partial charge in [-0.2, -0.15) is 0 Å². The van der Waals surface area contributed by atoms with Crippen molar-refractivity contribution in [2.75, 3.05) is 12.4 Å². The van der Waals surface area contributed by atoms with Crippen LogP contribution in [0.3, 0.4) is 0 Å². The topological polar surface area (TPSA) is 67.0 Å². The zero-order chi connectivity index (χ0) is 13.7. The van der Waals surface area contributed by atoms with Gasteiger partial charge in [-0.25, -0.2) is 0 Å². The highest BCUT2D eigenvalue weighted by molar-refractivity contribution is 6.14. The molecule has 4 rings (SSSR count). The van der Waals surface area contributed by atoms with Gasteiger partial charge in [0.1, 0.15) is 5.75 Å². The van der Waals surface area contributed by atoms with Crippen LogP contribution in [0.25, 0.3) is 21.8 Å². The molecular formula is C15H13N3O2. The lowest BCUT2D eigenvalue weighted by atomic mass is 10.1. The minimum absolute atomic E-state index is 0.0445. The Morgan fingerprint density at radius 3 is 3.00 bits per heavy atom. The Morgan fingerprint density at radius 1 is 1.25 bits per heavy atom. The molecule has 1 amide bonds. The lowest BCUT2D eigenvalue weighted by molar-refractivity contribution is -0.116. The number of amides is 1. The summed E-state index contributed by atoms with van der Waals surface area (Å²) in [6.45, 7) is 0. The van der Waals surface area contributed by atoms with Gasteiger partial charge in [0, 0.05) is 35.3 Å². The summed E-state index contributed by atoms with van der Waals surface area (Å²) in [5.74, 6) is 0.850. The van der Waals surface area contributed by atoms with E-state index in [9.17, 15) is 4.79 Å². The maximum Gasteiger partial charge on any atom is 0.224 e. The molecule has 1 aliphatic rings. The second kappa shape index (κ2) is 3.96. The summed E-state index contributed by atoms with van der Waals surface area (Å²) in [6, 6.07) is 5.87. The Morgan fingerprint density at radius 2 is 2.15 bits per heavy atom. The van der Waals surface area contributed by atoms with Gasteiger partial charge in [0.2, 0.25) is 5.91 Å². The number of hydrogen-bond acceptors (Lipinski definition) is 3. The molecule has 1 aromatic carbocycles. The predicted octanol–water partition coefficient (Wildman–Crippen LogP) is 2.61. The molecule has 2 N–H and O–H groups in total. The Hall–Kier alpha value is -2.56. The molecule has 0 saturated heterocycles. The van der Waals surface area contributed by atoms with Gasteiger partial charge < -0.3 is 15.0 Å². The van der Waals surface area contributed by atoms with Crippen LogP contribution < -0.4 is 10.1 Å². The van der Waals surface area contributed by atoms with Crippen LogP contribution in [-0.4, -0.2) is 23.0 Å². The molecule has 20 heavy (non-hydrogen) atoms. The number of aromatic amines is 1. The first-order valence-electron chi connectivity index (χ1n) is 6.53. The van der Waals surface area contributed by atoms with Gasteiger partial charge in [-0.3, -0.25) is 9.78 Å². The molecule has 0 saturated carbocycles. The van der Waals surface area contributed by atoms with Crippen molar-refractivity contribution < 1.29 is 9.53 Å². The average molecular weight is 267 g/mol. The quantitative estimate of drug-likeness (QED) is 0.712. The normalized spacial score (nSPS) is 14.3. The van der Waals surface area contributed by atoms with E-state index in [1.165, 1.54) is 0 Å². The number of carbonyl (C=O) groups excluding carboxylic acids is 1. The highest BCUT2D eigenvalue weighted by atomic mass is 16.5. The number of benzene rings is 1. The predicted molar refractivity (Wildman–Crippen MR) is 77.1 cm³/mol. The Labute approximate surface area is 115 Å². The Balaban J connectivity index is 2.06. The van der Waals surface area contributed by atoms with Crippen LogP contribution in [0, 0.1) is 0 Å². The first-order chi connectivity index (χ1) is 9.76. The molecule has 0 fully saturated rings. The smallest absolute Gasteiger partial charge is 0.224 e. The summed E-state index contributed by atoms with van der Waals surface area (Å²) in [5, 5.41) is 4.98. The molecule has 3 aromatic rings. The number of nitrogens with zero attached hydrogens (tertiary/aromatic N) is 1. The zero-order valence-electron chi connectivity index (χ0n) is 11.0. The second-order valence-electron chi connectivity index (χ2n) is 4.95. The van der Waals surface area contributed by atoms with Crippen molar-refractivity contribution in [2.24, 2.45) is 0 Å². The Kier molecular flexibility index (Phi) is 2.24. The van der Waals surface area contributed by atoms with E-state index in [1.54, 1.807) is 7.11 Å². The lowest BCUT2D eigenvalue weighted by Crippen LogP contribution is -2.20. The molecule has 100 valence electrons. The van der Waals surface area contributed by atoms with Crippen molar-refractivity contribution in [3.8, 4) is 5.75 Å². The fourth-order valence-electron chi connectivity index (χ4n) is 2.76. The molecule has 2 aromatic heterocycles. The van der Waals surface area contributed by atoms with E-state index in [0.717, 1.165) is 38.9 Å². The number of carbonyl (C=O) groups is 1. The first kappa shape index (κ1) is 11.3. The summed E-state index contributed by atoms with van der Waals surface area (Å²) in [6.07, 6.45) is 3.05. The molecule has 3 heterocycles. The van der Waals surface area contributed by atoms with Gasteiger partial charge >= 0.3 is 0 Å². The summed E-state index contributed by atoms with van der Waals surface area (Å²) in [5.41, 5.74) is 3.70. The monoisotopic (exact) mass is 267 g/mol. The number of H-pyrrole nitrogens is 1. The SMILES string of the molecule is COc1ccc2[nH]c3c4c(ncc3c2c1)CCC(=O)N4. The third-order valence-corrected chi connectivity index (χ3v) is 3.79. The summed E-state index contributed by atoms with van der Waals surface area (Å²) in [4.78, 5) is 19.5. The van der Waals surface area contributed by atoms with E-state index in [-0.39, 0.29) is 5.91 Å². The number of ether oxygens (including phenoxy) is 1. The molecule has 0 spiro atoms. The van der Waals surface area contributed by atoms with Gasteiger partial charge in [-0.15, -0.1) is 0 Å². The summed E-state index contributed by atoms with van der Waals surface area (Å²) in [7, 11) is 1.65. The third-order valence-electron chi connectivity index (χ3n) is 3.79. The first-order valence-corrected chi connectivity index (χ1v) is 6.53. The third kappa shape index (κ3) is 1.49. The molecule has 0 radical (unpaired) electrons. The fourth-order valence-corrected chi connectivity index (χ4v) is 2.76. The summed E-state index contributed by atoms with van der Waals surface area (Å²) < 4.78 is 5.27. The summed E-state index contributed by atoms with van der Waals surface area (Å²) >= 11 is 0. The number of pyridine rings is 1. The van der Waals surface area contributed by atoms with E-state index in [2.05, 4.69) is 15.3 Å². The van der Waals surface area contributed by atoms with E-state index in [4.69, 9.17) is 4.74 Å². The number of anilines is 1. The maximum absolute atomic E-state index is 11.6. The van der Waals surface area contributed by atoms with E-state index < -0.39 is 0 Å². The Bertz CT molecular complexity index is 851. The van der Waals surface area contributed by atoms with E-state index >= 15 is 0 Å². The van der Waals surface area contributed by atoms with Crippen LogP contribution in [0.1, 0.15) is 12.1 Å². The molecule has 5 heteroatoms. The highest BCUT2D eigenvalue weighted by Crippen LogP contribution is 2.35. The van der Waals surface area contributed by atoms with Crippen molar-refractivity contribution in [3.05, 3.63) is 30.1 Å². The molecular weight excluding hydrogens is 254 g/mol. The van der Waals surface area contributed by atoms with Gasteiger partial charge in [0.15, 0.2) is 0 Å². The van der Waals surface area contributed by atoms with Crippen LogP contribution in [0.2, 0.25) is 0 Å². The number of methoxy groups -OCH3 is 1. The van der Waals surface area contributed by atoms with E-state index in [0.29, 0.717) is 12.8 Å². The van der Waals surface area contributed by atoms with Gasteiger partial charge in [0.05, 0.1) is 24.0 Å². The van der Waals surface area contributed by atoms with Crippen molar-refractivity contribution in [1.29, 1.82) is 0 Å². The number of fused-ring (bicyclic) bond motifs is 5. The van der Waals surface area contributed by atoms with Gasteiger partial charge in [-0.05, 0) is 18.2 Å². The van der Waals surface area contributed by atoms with Gasteiger partial charge in [-0.1, -0.05) is 0 Å².